The number of aliphatic hydroxyl groups is 1. The summed E-state index contributed by atoms with van der Waals surface area (Å²) in [6, 6.07) is 27.2. The van der Waals surface area contributed by atoms with E-state index in [0.717, 1.165) is 92.0 Å². The number of carbonyl (C=O) groups is 2. The Hall–Kier alpha value is -7.70. The van der Waals surface area contributed by atoms with Crippen molar-refractivity contribution in [1.29, 1.82) is 0 Å². The second-order valence-electron chi connectivity index (χ2n) is 17.4. The van der Waals surface area contributed by atoms with E-state index in [1.165, 1.54) is 0 Å². The highest BCUT2D eigenvalue weighted by atomic mass is 16.5. The number of rotatable bonds is 9. The highest BCUT2D eigenvalue weighted by Crippen LogP contribution is 2.41. The Morgan fingerprint density at radius 2 is 1.06 bits per heavy atom. The van der Waals surface area contributed by atoms with Gasteiger partial charge >= 0.3 is 0 Å². The first kappa shape index (κ1) is 46.4. The second-order valence-corrected chi connectivity index (χ2v) is 17.4. The lowest BCUT2D eigenvalue weighted by atomic mass is 10.1. The maximum absolute atomic E-state index is 13.0. The number of methoxy groups -OCH3 is 1. The van der Waals surface area contributed by atoms with Gasteiger partial charge in [-0.2, -0.15) is 9.97 Å². The van der Waals surface area contributed by atoms with E-state index in [9.17, 15) is 14.7 Å². The van der Waals surface area contributed by atoms with Crippen molar-refractivity contribution in [3.8, 4) is 11.5 Å². The molecule has 358 valence electrons. The molecule has 69 heavy (non-hydrogen) atoms. The van der Waals surface area contributed by atoms with Gasteiger partial charge in [0.2, 0.25) is 11.9 Å². The minimum absolute atomic E-state index is 0.0910. The lowest BCUT2D eigenvalue weighted by molar-refractivity contribution is 0.0986. The topological polar surface area (TPSA) is 171 Å². The first-order valence-corrected chi connectivity index (χ1v) is 23.2. The monoisotopic (exact) mass is 933 g/mol. The molecule has 4 aliphatic rings. The SMILES string of the molecule is CCOc1cc(N2CCC(O)CC2)ccc1Nc1ncc2c(n1)N(C)c1ccccc1C(=O)N2C.COc1cc(N2CCN(C)CC2)ccc1Nc1ncc2c(n1)N(C)c1ccccc1C(=O)N2C. The van der Waals surface area contributed by atoms with Gasteiger partial charge in [0, 0.05) is 91.0 Å². The number of likely N-dealkylation sites (N-methyl/N-ethyl adjacent to an activating group) is 1. The van der Waals surface area contributed by atoms with E-state index in [1.807, 2.05) is 110 Å². The number of aromatic nitrogens is 4. The molecule has 2 amide bonds. The van der Waals surface area contributed by atoms with Gasteiger partial charge in [0.25, 0.3) is 11.8 Å². The normalized spacial score (nSPS) is 16.1. The van der Waals surface area contributed by atoms with Gasteiger partial charge in [0.1, 0.15) is 22.9 Å². The van der Waals surface area contributed by atoms with Gasteiger partial charge in [-0.1, -0.05) is 24.3 Å². The summed E-state index contributed by atoms with van der Waals surface area (Å²) in [6.07, 6.45) is 4.65. The lowest BCUT2D eigenvalue weighted by Gasteiger charge is -2.34. The fourth-order valence-corrected chi connectivity index (χ4v) is 9.02. The minimum atomic E-state index is -0.219. The first-order chi connectivity index (χ1) is 33.4. The zero-order chi connectivity index (χ0) is 48.3. The van der Waals surface area contributed by atoms with Crippen LogP contribution in [-0.4, -0.2) is 136 Å². The molecule has 18 nitrogen and oxygen atoms in total. The number of aliphatic hydroxyl groups excluding tert-OH is 1. The number of carbonyl (C=O) groups excluding carboxylic acids is 2. The number of piperazine rings is 1. The molecule has 0 aliphatic carbocycles. The predicted octanol–water partition coefficient (Wildman–Crippen LogP) is 7.28. The third-order valence-corrected chi connectivity index (χ3v) is 13.1. The summed E-state index contributed by atoms with van der Waals surface area (Å²) in [5, 5.41) is 16.4. The van der Waals surface area contributed by atoms with Gasteiger partial charge in [0.15, 0.2) is 11.6 Å². The van der Waals surface area contributed by atoms with Crippen LogP contribution < -0.4 is 49.5 Å². The van der Waals surface area contributed by atoms with Crippen LogP contribution in [0.15, 0.2) is 97.3 Å². The number of nitrogens with zero attached hydrogens (tertiary/aromatic N) is 11. The molecule has 2 fully saturated rings. The van der Waals surface area contributed by atoms with Crippen LogP contribution in [0.4, 0.5) is 69.0 Å². The number of piperidine rings is 1. The second kappa shape index (κ2) is 19.9. The highest BCUT2D eigenvalue weighted by Gasteiger charge is 2.31. The molecule has 6 heterocycles. The Kier molecular flexibility index (Phi) is 13.4. The van der Waals surface area contributed by atoms with E-state index in [-0.39, 0.29) is 17.9 Å². The summed E-state index contributed by atoms with van der Waals surface area (Å²) in [6.45, 7) is 8.15. The molecular formula is C51H59N13O5. The van der Waals surface area contributed by atoms with Crippen LogP contribution in [0.3, 0.4) is 0 Å². The van der Waals surface area contributed by atoms with Crippen molar-refractivity contribution >= 4 is 80.8 Å². The van der Waals surface area contributed by atoms with Crippen LogP contribution in [-0.2, 0) is 0 Å². The van der Waals surface area contributed by atoms with Crippen LogP contribution >= 0.6 is 0 Å². The molecule has 4 aromatic carbocycles. The fourth-order valence-electron chi connectivity index (χ4n) is 9.02. The maximum Gasteiger partial charge on any atom is 0.260 e. The zero-order valence-corrected chi connectivity index (χ0v) is 40.2. The van der Waals surface area contributed by atoms with E-state index in [2.05, 4.69) is 48.4 Å². The van der Waals surface area contributed by atoms with Crippen molar-refractivity contribution in [2.45, 2.75) is 25.9 Å². The molecule has 0 unspecified atom stereocenters. The summed E-state index contributed by atoms with van der Waals surface area (Å²) in [7, 11) is 11.1. The van der Waals surface area contributed by atoms with Gasteiger partial charge < -0.3 is 59.5 Å². The molecule has 18 heteroatoms. The number of hydrogen-bond donors (Lipinski definition) is 3. The molecule has 3 N–H and O–H groups in total. The van der Waals surface area contributed by atoms with Crippen molar-refractivity contribution in [3.63, 3.8) is 0 Å². The molecule has 0 radical (unpaired) electrons. The standard InChI is InChI=1S/C26H30N6O3.C25H29N7O2/c1-4-35-23-15-17(32-13-11-18(33)12-14-32)9-10-20(23)28-26-27-16-22-24(29-26)30(2)21-8-6-5-7-19(21)25(34)31(22)3;1-29-11-13-32(14-12-29)17-9-10-19(22(15-17)34-4)27-25-26-16-21-23(28-25)30(2)20-8-6-5-7-18(20)24(33)31(21)3/h5-10,15-16,18,33H,4,11-14H2,1-3H3,(H,27,28,29);5-10,15-16H,11-14H2,1-4H3,(H,26,27,28). The maximum atomic E-state index is 13.0. The van der Waals surface area contributed by atoms with Crippen LogP contribution in [0.2, 0.25) is 0 Å². The van der Waals surface area contributed by atoms with Gasteiger partial charge in [-0.05, 0) is 75.3 Å². The third-order valence-electron chi connectivity index (χ3n) is 13.1. The van der Waals surface area contributed by atoms with E-state index >= 15 is 0 Å². The molecular weight excluding hydrogens is 875 g/mol. The Balaban J connectivity index is 0.000000172. The zero-order valence-electron chi connectivity index (χ0n) is 40.2. The molecule has 2 saturated heterocycles. The summed E-state index contributed by atoms with van der Waals surface area (Å²) in [4.78, 5) is 58.5. The smallest absolute Gasteiger partial charge is 0.260 e. The van der Waals surface area contributed by atoms with Crippen LogP contribution in [0, 0.1) is 0 Å². The number of fused-ring (bicyclic) bond motifs is 4. The van der Waals surface area contributed by atoms with Crippen LogP contribution in [0.25, 0.3) is 0 Å². The Labute approximate surface area is 402 Å². The Bertz CT molecular complexity index is 2850. The molecule has 10 rings (SSSR count). The van der Waals surface area contributed by atoms with E-state index in [0.29, 0.717) is 58.4 Å². The Morgan fingerprint density at radius 1 is 0.594 bits per heavy atom. The molecule has 0 bridgehead atoms. The highest BCUT2D eigenvalue weighted by molar-refractivity contribution is 6.14. The summed E-state index contributed by atoms with van der Waals surface area (Å²) < 4.78 is 11.6. The number of para-hydroxylation sites is 2. The molecule has 0 saturated carbocycles. The van der Waals surface area contributed by atoms with Gasteiger partial charge in [0.05, 0.1) is 66.1 Å². The van der Waals surface area contributed by atoms with Gasteiger partial charge in [-0.3, -0.25) is 9.59 Å². The Morgan fingerprint density at radius 3 is 1.55 bits per heavy atom. The molecule has 0 spiro atoms. The number of amides is 2. The van der Waals surface area contributed by atoms with Crippen molar-refractivity contribution in [3.05, 3.63) is 108 Å². The largest absolute Gasteiger partial charge is 0.494 e. The van der Waals surface area contributed by atoms with E-state index < -0.39 is 0 Å². The van der Waals surface area contributed by atoms with Crippen LogP contribution in [0.5, 0.6) is 11.5 Å². The third kappa shape index (κ3) is 9.45. The number of ether oxygens (including phenoxy) is 2. The van der Waals surface area contributed by atoms with Crippen LogP contribution in [0.1, 0.15) is 40.5 Å². The van der Waals surface area contributed by atoms with Crippen molar-refractivity contribution < 1.29 is 24.2 Å². The van der Waals surface area contributed by atoms with Crippen molar-refractivity contribution in [1.82, 2.24) is 24.8 Å². The molecule has 2 aromatic heterocycles. The molecule has 6 aromatic rings. The van der Waals surface area contributed by atoms with Gasteiger partial charge in [-0.15, -0.1) is 0 Å². The van der Waals surface area contributed by atoms with Crippen molar-refractivity contribution in [2.24, 2.45) is 0 Å². The summed E-state index contributed by atoms with van der Waals surface area (Å²) >= 11 is 0. The summed E-state index contributed by atoms with van der Waals surface area (Å²) in [5.41, 5.74) is 7.84. The lowest BCUT2D eigenvalue weighted by Crippen LogP contribution is -2.44. The van der Waals surface area contributed by atoms with E-state index in [1.54, 1.807) is 43.4 Å². The average molecular weight is 934 g/mol. The molecule has 0 atom stereocenters. The predicted molar refractivity (Wildman–Crippen MR) is 273 cm³/mol. The first-order valence-electron chi connectivity index (χ1n) is 23.2. The fraction of sp³-hybridized carbons (Fsp3) is 0.333. The number of nitrogens with one attached hydrogen (secondary N) is 2. The number of hydrogen-bond acceptors (Lipinski definition) is 16. The molecule has 4 aliphatic heterocycles. The van der Waals surface area contributed by atoms with Gasteiger partial charge in [-0.25, -0.2) is 9.97 Å². The summed E-state index contributed by atoms with van der Waals surface area (Å²) in [5.74, 6) is 3.35. The minimum Gasteiger partial charge on any atom is -0.494 e. The average Bonchev–Trinajstić information content (AvgIpc) is 3.50. The number of anilines is 12. The number of benzene rings is 4. The van der Waals surface area contributed by atoms with E-state index in [4.69, 9.17) is 19.4 Å². The van der Waals surface area contributed by atoms with Crippen molar-refractivity contribution in [2.75, 3.05) is 128 Å². The quantitative estimate of drug-likeness (QED) is 0.132.